The molecule has 1 aliphatic carbocycles. The summed E-state index contributed by atoms with van der Waals surface area (Å²) in [5, 5.41) is 0.791. The highest BCUT2D eigenvalue weighted by Gasteiger charge is 2.51. The Morgan fingerprint density at radius 3 is 2.20 bits per heavy atom. The van der Waals surface area contributed by atoms with E-state index in [-0.39, 0.29) is 30.3 Å². The highest BCUT2D eigenvalue weighted by molar-refractivity contribution is 6.35. The van der Waals surface area contributed by atoms with Gasteiger partial charge >= 0.3 is 5.97 Å². The lowest BCUT2D eigenvalue weighted by atomic mass is 9.81. The van der Waals surface area contributed by atoms with Crippen LogP contribution in [0.1, 0.15) is 38.2 Å². The van der Waals surface area contributed by atoms with E-state index < -0.39 is 12.0 Å². The van der Waals surface area contributed by atoms with E-state index in [0.717, 1.165) is 17.7 Å². The van der Waals surface area contributed by atoms with Gasteiger partial charge in [-0.05, 0) is 31.9 Å². The summed E-state index contributed by atoms with van der Waals surface area (Å²) in [5.41, 5.74) is 0.499. The van der Waals surface area contributed by atoms with Gasteiger partial charge in [-0.2, -0.15) is 0 Å². The number of esters is 1. The third-order valence-corrected chi connectivity index (χ3v) is 5.73. The number of rotatable bonds is 4. The summed E-state index contributed by atoms with van der Waals surface area (Å²) in [4.78, 5) is 38.5. The van der Waals surface area contributed by atoms with E-state index in [2.05, 4.69) is 0 Å². The van der Waals surface area contributed by atoms with Crippen molar-refractivity contribution >= 4 is 41.0 Å². The van der Waals surface area contributed by atoms with Gasteiger partial charge in [0.05, 0.1) is 11.8 Å². The molecular formula is C18H19Cl2NO4. The molecule has 0 unspecified atom stereocenters. The zero-order chi connectivity index (χ0) is 18.1. The summed E-state index contributed by atoms with van der Waals surface area (Å²) in [5.74, 6) is -1.72. The first-order valence-corrected chi connectivity index (χ1v) is 9.14. The Labute approximate surface area is 156 Å². The number of amides is 2. The molecule has 0 bridgehead atoms. The first-order valence-electron chi connectivity index (χ1n) is 8.38. The van der Waals surface area contributed by atoms with Crippen molar-refractivity contribution in [2.24, 2.45) is 11.8 Å². The molecule has 0 spiro atoms. The van der Waals surface area contributed by atoms with Crippen LogP contribution in [-0.2, 0) is 25.7 Å². The highest BCUT2D eigenvalue weighted by Crippen LogP contribution is 2.39. The summed E-state index contributed by atoms with van der Waals surface area (Å²) in [6, 6.07) is 4.05. The van der Waals surface area contributed by atoms with E-state index >= 15 is 0 Å². The van der Waals surface area contributed by atoms with Crippen LogP contribution < -0.4 is 0 Å². The summed E-state index contributed by atoms with van der Waals surface area (Å²) >= 11 is 12.1. The predicted molar refractivity (Wildman–Crippen MR) is 93.0 cm³/mol. The summed E-state index contributed by atoms with van der Waals surface area (Å²) in [7, 11) is 0. The van der Waals surface area contributed by atoms with Crippen LogP contribution in [0.3, 0.4) is 0 Å². The molecule has 1 heterocycles. The van der Waals surface area contributed by atoms with Crippen LogP contribution in [0.2, 0.25) is 10.0 Å². The molecule has 25 heavy (non-hydrogen) atoms. The van der Waals surface area contributed by atoms with Gasteiger partial charge in [-0.25, -0.2) is 4.79 Å². The Bertz CT molecular complexity index is 677. The number of carbonyl (C=O) groups excluding carboxylic acids is 3. The van der Waals surface area contributed by atoms with Crippen LogP contribution in [0.25, 0.3) is 0 Å². The molecule has 1 aromatic rings. The maximum atomic E-state index is 12.5. The number of ether oxygens (including phenoxy) is 1. The SMILES string of the molecule is C[C@@H](C(=O)OCc1c(Cl)cccc1Cl)N1C(=O)[C@H]2CCCC[C@@H]2C1=O. The fourth-order valence-corrected chi connectivity index (χ4v) is 4.12. The maximum Gasteiger partial charge on any atom is 0.329 e. The minimum Gasteiger partial charge on any atom is -0.459 e. The van der Waals surface area contributed by atoms with Crippen LogP contribution >= 0.6 is 23.2 Å². The number of fused-ring (bicyclic) bond motifs is 1. The van der Waals surface area contributed by atoms with Gasteiger partial charge in [0, 0.05) is 15.6 Å². The zero-order valence-electron chi connectivity index (χ0n) is 13.8. The maximum absolute atomic E-state index is 12.5. The van der Waals surface area contributed by atoms with Gasteiger partial charge in [0.1, 0.15) is 12.6 Å². The average Bonchev–Trinajstić information content (AvgIpc) is 2.85. The molecular weight excluding hydrogens is 365 g/mol. The quantitative estimate of drug-likeness (QED) is 0.588. The van der Waals surface area contributed by atoms with Gasteiger partial charge in [-0.1, -0.05) is 42.1 Å². The monoisotopic (exact) mass is 383 g/mol. The van der Waals surface area contributed by atoms with E-state index in [1.807, 2.05) is 0 Å². The van der Waals surface area contributed by atoms with E-state index in [9.17, 15) is 14.4 Å². The molecule has 1 saturated heterocycles. The van der Waals surface area contributed by atoms with Crippen molar-refractivity contribution in [1.82, 2.24) is 4.90 Å². The van der Waals surface area contributed by atoms with Crippen LogP contribution in [-0.4, -0.2) is 28.7 Å². The number of carbonyl (C=O) groups is 3. The van der Waals surface area contributed by atoms with E-state index in [4.69, 9.17) is 27.9 Å². The lowest BCUT2D eigenvalue weighted by Gasteiger charge is -2.21. The molecule has 2 fully saturated rings. The number of imide groups is 1. The molecule has 7 heteroatoms. The van der Waals surface area contributed by atoms with Gasteiger partial charge in [0.15, 0.2) is 0 Å². The zero-order valence-corrected chi connectivity index (χ0v) is 15.3. The number of halogens is 2. The largest absolute Gasteiger partial charge is 0.459 e. The van der Waals surface area contributed by atoms with Crippen molar-refractivity contribution in [3.05, 3.63) is 33.8 Å². The second kappa shape index (κ2) is 7.34. The van der Waals surface area contributed by atoms with E-state index in [1.54, 1.807) is 18.2 Å². The second-order valence-electron chi connectivity index (χ2n) is 6.53. The fourth-order valence-electron chi connectivity index (χ4n) is 3.61. The van der Waals surface area contributed by atoms with Crippen molar-refractivity contribution in [2.75, 3.05) is 0 Å². The van der Waals surface area contributed by atoms with Crippen molar-refractivity contribution < 1.29 is 19.1 Å². The molecule has 0 radical (unpaired) electrons. The summed E-state index contributed by atoms with van der Waals surface area (Å²) in [6.45, 7) is 1.41. The van der Waals surface area contributed by atoms with Crippen molar-refractivity contribution in [1.29, 1.82) is 0 Å². The molecule has 2 aliphatic rings. The Kier molecular flexibility index (Phi) is 5.35. The van der Waals surface area contributed by atoms with Crippen LogP contribution in [0, 0.1) is 11.8 Å². The Morgan fingerprint density at radius 1 is 1.16 bits per heavy atom. The van der Waals surface area contributed by atoms with Gasteiger partial charge in [0.2, 0.25) is 11.8 Å². The van der Waals surface area contributed by atoms with Gasteiger partial charge in [0.25, 0.3) is 0 Å². The van der Waals surface area contributed by atoms with E-state index in [1.165, 1.54) is 6.92 Å². The van der Waals surface area contributed by atoms with Crippen LogP contribution in [0.15, 0.2) is 18.2 Å². The third kappa shape index (κ3) is 3.40. The standard InChI is InChI=1S/C18H19Cl2NO4/c1-10(18(24)25-9-13-14(19)7-4-8-15(13)20)21-16(22)11-5-2-3-6-12(11)17(21)23/h4,7-8,10-12H,2-3,5-6,9H2,1H3/t10-,11-,12-/m0/s1. The van der Waals surface area contributed by atoms with Crippen molar-refractivity contribution in [3.63, 3.8) is 0 Å². The number of hydrogen-bond acceptors (Lipinski definition) is 4. The minimum atomic E-state index is -0.952. The Morgan fingerprint density at radius 2 is 1.68 bits per heavy atom. The molecule has 2 amide bonds. The summed E-state index contributed by atoms with van der Waals surface area (Å²) in [6.07, 6.45) is 3.31. The van der Waals surface area contributed by atoms with Crippen molar-refractivity contribution in [3.8, 4) is 0 Å². The lowest BCUT2D eigenvalue weighted by Crippen LogP contribution is -2.44. The molecule has 0 N–H and O–H groups in total. The normalized spacial score (nSPS) is 24.2. The molecule has 134 valence electrons. The van der Waals surface area contributed by atoms with E-state index in [0.29, 0.717) is 28.5 Å². The van der Waals surface area contributed by atoms with Gasteiger partial charge < -0.3 is 4.74 Å². The van der Waals surface area contributed by atoms with Crippen molar-refractivity contribution in [2.45, 2.75) is 45.3 Å². The number of benzene rings is 1. The topological polar surface area (TPSA) is 63.7 Å². The minimum absolute atomic E-state index is 0.106. The summed E-state index contributed by atoms with van der Waals surface area (Å²) < 4.78 is 5.26. The average molecular weight is 384 g/mol. The number of likely N-dealkylation sites (tertiary alicyclic amines) is 1. The lowest BCUT2D eigenvalue weighted by molar-refractivity contribution is -0.159. The Hall–Kier alpha value is -1.59. The van der Waals surface area contributed by atoms with Gasteiger partial charge in [-0.15, -0.1) is 0 Å². The Balaban J connectivity index is 1.68. The van der Waals surface area contributed by atoms with Crippen LogP contribution in [0.4, 0.5) is 0 Å². The first kappa shape index (κ1) is 18.2. The third-order valence-electron chi connectivity index (χ3n) is 5.02. The number of hydrogen-bond donors (Lipinski definition) is 0. The first-order chi connectivity index (χ1) is 11.9. The fraction of sp³-hybridized carbons (Fsp3) is 0.500. The molecule has 5 nitrogen and oxygen atoms in total. The molecule has 3 rings (SSSR count). The smallest absolute Gasteiger partial charge is 0.329 e. The predicted octanol–water partition coefficient (Wildman–Crippen LogP) is 3.60. The molecule has 1 aliphatic heterocycles. The molecule has 1 saturated carbocycles. The highest BCUT2D eigenvalue weighted by atomic mass is 35.5. The second-order valence-corrected chi connectivity index (χ2v) is 7.34. The molecule has 3 atom stereocenters. The molecule has 0 aromatic heterocycles. The number of nitrogens with zero attached hydrogens (tertiary/aromatic N) is 1. The molecule has 1 aromatic carbocycles. The van der Waals surface area contributed by atoms with Crippen LogP contribution in [0.5, 0.6) is 0 Å². The van der Waals surface area contributed by atoms with Gasteiger partial charge in [-0.3, -0.25) is 14.5 Å².